The summed E-state index contributed by atoms with van der Waals surface area (Å²) in [7, 11) is -4.14. The van der Waals surface area contributed by atoms with Crippen molar-refractivity contribution < 1.29 is 18.0 Å². The van der Waals surface area contributed by atoms with Gasteiger partial charge >= 0.3 is 0 Å². The molecule has 0 bridgehead atoms. The minimum Gasteiger partial charge on any atom is -0.352 e. The highest BCUT2D eigenvalue weighted by Gasteiger charge is 2.33. The number of aryl methyl sites for hydroxylation is 2. The van der Waals surface area contributed by atoms with Gasteiger partial charge in [0.2, 0.25) is 11.8 Å². The Bertz CT molecular complexity index is 1440. The summed E-state index contributed by atoms with van der Waals surface area (Å²) < 4.78 is 28.9. The predicted octanol–water partition coefficient (Wildman–Crippen LogP) is 6.14. The van der Waals surface area contributed by atoms with Crippen LogP contribution in [0.5, 0.6) is 0 Å². The summed E-state index contributed by atoms with van der Waals surface area (Å²) in [4.78, 5) is 28.6. The van der Waals surface area contributed by atoms with Gasteiger partial charge in [-0.05, 0) is 70.0 Å². The van der Waals surface area contributed by atoms with Crippen LogP contribution >= 0.6 is 23.2 Å². The predicted molar refractivity (Wildman–Crippen MR) is 161 cm³/mol. The van der Waals surface area contributed by atoms with Gasteiger partial charge in [0, 0.05) is 28.2 Å². The number of benzene rings is 3. The van der Waals surface area contributed by atoms with E-state index in [0.717, 1.165) is 9.87 Å². The molecule has 10 heteroatoms. The standard InChI is InChI=1S/C30H35Cl2N3O4S/c1-6-22(4)33-30(37)23(5)34(18-25-26(31)13-10-14-27(25)32)29(36)19-35(28-16-15-20(2)17-21(28)3)40(38,39)24-11-8-7-9-12-24/h7-17,22-23H,6,18-19H2,1-5H3,(H,33,37)/t22-,23+/m1/s1. The van der Waals surface area contributed by atoms with Crippen molar-refractivity contribution in [3.8, 4) is 0 Å². The number of nitrogens with one attached hydrogen (secondary N) is 1. The second-order valence-electron chi connectivity index (χ2n) is 9.83. The highest BCUT2D eigenvalue weighted by Crippen LogP contribution is 2.30. The Morgan fingerprint density at radius 3 is 2.12 bits per heavy atom. The van der Waals surface area contributed by atoms with Crippen molar-refractivity contribution in [3.05, 3.63) is 93.5 Å². The van der Waals surface area contributed by atoms with Gasteiger partial charge in [-0.1, -0.05) is 72.1 Å². The lowest BCUT2D eigenvalue weighted by Gasteiger charge is -2.33. The van der Waals surface area contributed by atoms with Crippen molar-refractivity contribution in [1.82, 2.24) is 10.2 Å². The molecule has 3 aromatic carbocycles. The average molecular weight is 605 g/mol. The van der Waals surface area contributed by atoms with E-state index in [2.05, 4.69) is 5.32 Å². The van der Waals surface area contributed by atoms with Gasteiger partial charge in [-0.2, -0.15) is 0 Å². The molecule has 0 spiro atoms. The van der Waals surface area contributed by atoms with Gasteiger partial charge in [0.25, 0.3) is 10.0 Å². The maximum absolute atomic E-state index is 14.1. The molecule has 2 amide bonds. The summed E-state index contributed by atoms with van der Waals surface area (Å²) in [5.74, 6) is -0.947. The fraction of sp³-hybridized carbons (Fsp3) is 0.333. The molecule has 2 atom stereocenters. The minimum absolute atomic E-state index is 0.0473. The van der Waals surface area contributed by atoms with Gasteiger partial charge in [-0.25, -0.2) is 8.42 Å². The van der Waals surface area contributed by atoms with E-state index >= 15 is 0 Å². The summed E-state index contributed by atoms with van der Waals surface area (Å²) in [5.41, 5.74) is 2.48. The molecule has 0 aromatic heterocycles. The van der Waals surface area contributed by atoms with Crippen LogP contribution in [-0.4, -0.2) is 43.8 Å². The zero-order valence-corrected chi connectivity index (χ0v) is 25.6. The second-order valence-corrected chi connectivity index (χ2v) is 12.5. The summed E-state index contributed by atoms with van der Waals surface area (Å²) >= 11 is 12.9. The van der Waals surface area contributed by atoms with Crippen molar-refractivity contribution in [2.24, 2.45) is 0 Å². The van der Waals surface area contributed by atoms with E-state index in [0.29, 0.717) is 33.3 Å². The Morgan fingerprint density at radius 2 is 1.55 bits per heavy atom. The summed E-state index contributed by atoms with van der Waals surface area (Å²) in [6.45, 7) is 8.50. The van der Waals surface area contributed by atoms with Gasteiger partial charge in [0.1, 0.15) is 12.6 Å². The minimum atomic E-state index is -4.14. The number of anilines is 1. The highest BCUT2D eigenvalue weighted by molar-refractivity contribution is 7.92. The molecular formula is C30H35Cl2N3O4S. The van der Waals surface area contributed by atoms with Crippen LogP contribution in [0.15, 0.2) is 71.6 Å². The third kappa shape index (κ3) is 7.36. The van der Waals surface area contributed by atoms with Crippen molar-refractivity contribution in [1.29, 1.82) is 0 Å². The number of carbonyl (C=O) groups is 2. The molecule has 214 valence electrons. The van der Waals surface area contributed by atoms with E-state index in [1.807, 2.05) is 26.8 Å². The van der Waals surface area contributed by atoms with Crippen LogP contribution in [0, 0.1) is 13.8 Å². The molecule has 3 rings (SSSR count). The molecule has 0 heterocycles. The summed E-state index contributed by atoms with van der Waals surface area (Å²) in [6.07, 6.45) is 0.707. The number of nitrogens with zero attached hydrogens (tertiary/aromatic N) is 2. The second kappa shape index (κ2) is 13.5. The van der Waals surface area contributed by atoms with Gasteiger partial charge in [0.15, 0.2) is 0 Å². The Morgan fingerprint density at radius 1 is 0.925 bits per heavy atom. The quantitative estimate of drug-likeness (QED) is 0.285. The van der Waals surface area contributed by atoms with E-state index in [1.54, 1.807) is 62.4 Å². The molecule has 0 fully saturated rings. The monoisotopic (exact) mass is 603 g/mol. The number of rotatable bonds is 11. The molecule has 0 unspecified atom stereocenters. The Labute approximate surface area is 247 Å². The Hall–Kier alpha value is -3.07. The molecular weight excluding hydrogens is 569 g/mol. The van der Waals surface area contributed by atoms with Crippen LogP contribution in [0.1, 0.15) is 43.9 Å². The first-order valence-corrected chi connectivity index (χ1v) is 15.2. The van der Waals surface area contributed by atoms with Crippen LogP contribution in [0.4, 0.5) is 5.69 Å². The molecule has 40 heavy (non-hydrogen) atoms. The number of sulfonamides is 1. The van der Waals surface area contributed by atoms with Gasteiger partial charge in [-0.3, -0.25) is 13.9 Å². The van der Waals surface area contributed by atoms with Gasteiger partial charge in [-0.15, -0.1) is 0 Å². The van der Waals surface area contributed by atoms with Crippen LogP contribution < -0.4 is 9.62 Å². The summed E-state index contributed by atoms with van der Waals surface area (Å²) in [5, 5.41) is 3.58. The molecule has 0 aliphatic heterocycles. The Kier molecular flexibility index (Phi) is 10.6. The van der Waals surface area contributed by atoms with E-state index in [4.69, 9.17) is 23.2 Å². The lowest BCUT2D eigenvalue weighted by molar-refractivity contribution is -0.139. The number of hydrogen-bond acceptors (Lipinski definition) is 4. The molecule has 1 N–H and O–H groups in total. The highest BCUT2D eigenvalue weighted by atomic mass is 35.5. The average Bonchev–Trinajstić information content (AvgIpc) is 2.91. The fourth-order valence-electron chi connectivity index (χ4n) is 4.22. The summed E-state index contributed by atoms with van der Waals surface area (Å²) in [6, 6.07) is 17.2. The van der Waals surface area contributed by atoms with Crippen molar-refractivity contribution in [2.75, 3.05) is 10.8 Å². The number of hydrogen-bond donors (Lipinski definition) is 1. The van der Waals surface area contributed by atoms with Crippen LogP contribution in [0.25, 0.3) is 0 Å². The molecule has 7 nitrogen and oxygen atoms in total. The lowest BCUT2D eigenvalue weighted by Crippen LogP contribution is -2.52. The SMILES string of the molecule is CC[C@@H](C)NC(=O)[C@H](C)N(Cc1c(Cl)cccc1Cl)C(=O)CN(c1ccc(C)cc1C)S(=O)(=O)c1ccccc1. The normalized spacial score (nSPS) is 12.9. The smallest absolute Gasteiger partial charge is 0.264 e. The zero-order chi connectivity index (χ0) is 29.6. The van der Waals surface area contributed by atoms with E-state index in [1.165, 1.54) is 17.0 Å². The van der Waals surface area contributed by atoms with Gasteiger partial charge in [0.05, 0.1) is 10.6 Å². The maximum atomic E-state index is 14.1. The third-order valence-electron chi connectivity index (χ3n) is 6.79. The van der Waals surface area contributed by atoms with Crippen LogP contribution in [-0.2, 0) is 26.2 Å². The van der Waals surface area contributed by atoms with E-state index in [9.17, 15) is 18.0 Å². The van der Waals surface area contributed by atoms with E-state index < -0.39 is 28.5 Å². The molecule has 0 saturated carbocycles. The first-order chi connectivity index (χ1) is 18.9. The first kappa shape index (κ1) is 31.5. The third-order valence-corrected chi connectivity index (χ3v) is 9.27. The number of amides is 2. The number of halogens is 2. The van der Waals surface area contributed by atoms with Crippen molar-refractivity contribution in [3.63, 3.8) is 0 Å². The zero-order valence-electron chi connectivity index (χ0n) is 23.3. The molecule has 0 aliphatic carbocycles. The first-order valence-electron chi connectivity index (χ1n) is 13.0. The fourth-order valence-corrected chi connectivity index (χ4v) is 6.24. The Balaban J connectivity index is 2.09. The van der Waals surface area contributed by atoms with Crippen molar-refractivity contribution >= 4 is 50.7 Å². The maximum Gasteiger partial charge on any atom is 0.264 e. The molecule has 0 aliphatic rings. The molecule has 0 radical (unpaired) electrons. The van der Waals surface area contributed by atoms with Gasteiger partial charge < -0.3 is 10.2 Å². The van der Waals surface area contributed by atoms with Crippen LogP contribution in [0.3, 0.4) is 0 Å². The van der Waals surface area contributed by atoms with Crippen molar-refractivity contribution in [2.45, 2.75) is 64.6 Å². The number of carbonyl (C=O) groups excluding carboxylic acids is 2. The van der Waals surface area contributed by atoms with Crippen LogP contribution in [0.2, 0.25) is 10.0 Å². The molecule has 3 aromatic rings. The lowest BCUT2D eigenvalue weighted by atomic mass is 10.1. The van der Waals surface area contributed by atoms with E-state index in [-0.39, 0.29) is 23.4 Å². The molecule has 0 saturated heterocycles. The topological polar surface area (TPSA) is 86.8 Å². The largest absolute Gasteiger partial charge is 0.352 e.